The maximum atomic E-state index is 13.5. The van der Waals surface area contributed by atoms with Crippen molar-refractivity contribution in [2.75, 3.05) is 16.2 Å². The lowest BCUT2D eigenvalue weighted by Gasteiger charge is -2.25. The zero-order valence-electron chi connectivity index (χ0n) is 18.2. The van der Waals surface area contributed by atoms with Gasteiger partial charge in [0.05, 0.1) is 10.6 Å². The van der Waals surface area contributed by atoms with Gasteiger partial charge in [0, 0.05) is 15.7 Å². The number of halogens is 2. The van der Waals surface area contributed by atoms with Gasteiger partial charge in [0.15, 0.2) is 0 Å². The summed E-state index contributed by atoms with van der Waals surface area (Å²) in [7, 11) is -4.06. The minimum Gasteiger partial charge on any atom is -0.324 e. The first kappa shape index (κ1) is 24.1. The van der Waals surface area contributed by atoms with Crippen molar-refractivity contribution < 1.29 is 13.2 Å². The van der Waals surface area contributed by atoms with Gasteiger partial charge in [0.25, 0.3) is 10.0 Å². The highest BCUT2D eigenvalue weighted by Crippen LogP contribution is 2.30. The van der Waals surface area contributed by atoms with Crippen LogP contribution in [0.1, 0.15) is 22.3 Å². The molecule has 32 heavy (non-hydrogen) atoms. The Morgan fingerprint density at radius 1 is 0.844 bits per heavy atom. The second-order valence-electron chi connectivity index (χ2n) is 7.77. The van der Waals surface area contributed by atoms with Crippen molar-refractivity contribution in [2.24, 2.45) is 0 Å². The predicted molar refractivity (Wildman–Crippen MR) is 131 cm³/mol. The Hall–Kier alpha value is -2.54. The maximum absolute atomic E-state index is 13.5. The van der Waals surface area contributed by atoms with Crippen LogP contribution in [0.2, 0.25) is 10.0 Å². The molecule has 1 amide bonds. The molecule has 0 aliphatic heterocycles. The molecule has 3 aromatic rings. The number of nitrogens with zero attached hydrogens (tertiary/aromatic N) is 1. The summed E-state index contributed by atoms with van der Waals surface area (Å²) in [6.45, 7) is 7.19. The molecule has 0 unspecified atom stereocenters. The molecular formula is C24H24Cl2N2O3S. The SMILES string of the molecule is Cc1ccc(S(=O)(=O)N(CC(=O)Nc2c(C)cc(C)cc2C)c2cc(Cl)cc(Cl)c2)cc1. The van der Waals surface area contributed by atoms with Crippen molar-refractivity contribution >= 4 is 50.5 Å². The summed E-state index contributed by atoms with van der Waals surface area (Å²) < 4.78 is 28.0. The number of rotatable bonds is 6. The Kier molecular flexibility index (Phi) is 7.18. The van der Waals surface area contributed by atoms with Gasteiger partial charge in [-0.3, -0.25) is 9.10 Å². The normalized spacial score (nSPS) is 11.3. The number of sulfonamides is 1. The summed E-state index contributed by atoms with van der Waals surface area (Å²) >= 11 is 12.3. The van der Waals surface area contributed by atoms with E-state index in [1.54, 1.807) is 12.1 Å². The van der Waals surface area contributed by atoms with E-state index in [4.69, 9.17) is 23.2 Å². The fraction of sp³-hybridized carbons (Fsp3) is 0.208. The molecule has 0 aliphatic carbocycles. The highest BCUT2D eigenvalue weighted by atomic mass is 35.5. The highest BCUT2D eigenvalue weighted by molar-refractivity contribution is 7.92. The summed E-state index contributed by atoms with van der Waals surface area (Å²) in [6, 6.07) is 14.8. The lowest BCUT2D eigenvalue weighted by molar-refractivity contribution is -0.114. The molecule has 3 aromatic carbocycles. The van der Waals surface area contributed by atoms with Crippen molar-refractivity contribution in [1.82, 2.24) is 0 Å². The van der Waals surface area contributed by atoms with E-state index in [0.29, 0.717) is 5.69 Å². The molecule has 0 spiro atoms. The number of nitrogens with one attached hydrogen (secondary N) is 1. The van der Waals surface area contributed by atoms with E-state index in [0.717, 1.165) is 26.6 Å². The van der Waals surface area contributed by atoms with Crippen LogP contribution in [-0.4, -0.2) is 20.9 Å². The topological polar surface area (TPSA) is 66.5 Å². The fourth-order valence-electron chi connectivity index (χ4n) is 3.52. The number of hydrogen-bond acceptors (Lipinski definition) is 3. The monoisotopic (exact) mass is 490 g/mol. The van der Waals surface area contributed by atoms with Crippen molar-refractivity contribution in [2.45, 2.75) is 32.6 Å². The smallest absolute Gasteiger partial charge is 0.264 e. The Morgan fingerprint density at radius 3 is 1.91 bits per heavy atom. The molecule has 0 radical (unpaired) electrons. The van der Waals surface area contributed by atoms with Crippen molar-refractivity contribution in [3.05, 3.63) is 86.9 Å². The lowest BCUT2D eigenvalue weighted by Crippen LogP contribution is -2.38. The van der Waals surface area contributed by atoms with Crippen LogP contribution in [0, 0.1) is 27.7 Å². The van der Waals surface area contributed by atoms with E-state index in [2.05, 4.69) is 5.32 Å². The molecule has 0 bridgehead atoms. The standard InChI is InChI=1S/C24H24Cl2N2O3S/c1-15-5-7-22(8-6-15)32(30,31)28(21-12-19(25)11-20(26)13-21)14-23(29)27-24-17(3)9-16(2)10-18(24)4/h5-13H,14H2,1-4H3,(H,27,29). The maximum Gasteiger partial charge on any atom is 0.264 e. The number of hydrogen-bond donors (Lipinski definition) is 1. The molecule has 0 saturated heterocycles. The van der Waals surface area contributed by atoms with Crippen LogP contribution < -0.4 is 9.62 Å². The van der Waals surface area contributed by atoms with E-state index in [1.807, 2.05) is 39.8 Å². The third-order valence-electron chi connectivity index (χ3n) is 4.97. The van der Waals surface area contributed by atoms with E-state index in [9.17, 15) is 13.2 Å². The van der Waals surface area contributed by atoms with Crippen molar-refractivity contribution in [3.8, 4) is 0 Å². The number of amides is 1. The number of aryl methyl sites for hydroxylation is 4. The number of carbonyl (C=O) groups is 1. The number of benzene rings is 3. The summed E-state index contributed by atoms with van der Waals surface area (Å²) in [6.07, 6.45) is 0. The zero-order valence-corrected chi connectivity index (χ0v) is 20.6. The molecule has 168 valence electrons. The number of anilines is 2. The molecule has 1 N–H and O–H groups in total. The van der Waals surface area contributed by atoms with Crippen LogP contribution in [0.3, 0.4) is 0 Å². The van der Waals surface area contributed by atoms with Crippen molar-refractivity contribution in [1.29, 1.82) is 0 Å². The fourth-order valence-corrected chi connectivity index (χ4v) is 5.44. The van der Waals surface area contributed by atoms with Gasteiger partial charge < -0.3 is 5.32 Å². The highest BCUT2D eigenvalue weighted by Gasteiger charge is 2.28. The van der Waals surface area contributed by atoms with Gasteiger partial charge in [-0.1, -0.05) is 58.6 Å². The van der Waals surface area contributed by atoms with E-state index >= 15 is 0 Å². The number of carbonyl (C=O) groups excluding carboxylic acids is 1. The average molecular weight is 491 g/mol. The van der Waals surface area contributed by atoms with Crippen molar-refractivity contribution in [3.63, 3.8) is 0 Å². The molecule has 5 nitrogen and oxygen atoms in total. The quantitative estimate of drug-likeness (QED) is 0.456. The zero-order chi connectivity index (χ0) is 23.6. The summed E-state index contributed by atoms with van der Waals surface area (Å²) in [5.74, 6) is -0.480. The molecule has 3 rings (SSSR count). The van der Waals surface area contributed by atoms with Crippen LogP contribution in [0.5, 0.6) is 0 Å². The van der Waals surface area contributed by atoms with E-state index in [1.165, 1.54) is 30.3 Å². The molecule has 0 aromatic heterocycles. The van der Waals surface area contributed by atoms with Crippen LogP contribution in [0.15, 0.2) is 59.5 Å². The first-order chi connectivity index (χ1) is 15.0. The minimum atomic E-state index is -4.06. The Bertz CT molecular complexity index is 1230. The van der Waals surface area contributed by atoms with E-state index < -0.39 is 22.5 Å². The third-order valence-corrected chi connectivity index (χ3v) is 7.20. The Morgan fingerprint density at radius 2 is 1.38 bits per heavy atom. The second kappa shape index (κ2) is 9.53. The molecular weight excluding hydrogens is 467 g/mol. The average Bonchev–Trinajstić information content (AvgIpc) is 2.68. The first-order valence-corrected chi connectivity index (χ1v) is 12.1. The summed E-state index contributed by atoms with van der Waals surface area (Å²) in [5.41, 5.74) is 4.66. The summed E-state index contributed by atoms with van der Waals surface area (Å²) in [4.78, 5) is 13.1. The largest absolute Gasteiger partial charge is 0.324 e. The van der Waals surface area contributed by atoms with Gasteiger partial charge >= 0.3 is 0 Å². The predicted octanol–water partition coefficient (Wildman–Crippen LogP) is 6.06. The van der Waals surface area contributed by atoms with Crippen LogP contribution in [-0.2, 0) is 14.8 Å². The first-order valence-electron chi connectivity index (χ1n) is 9.90. The minimum absolute atomic E-state index is 0.0645. The van der Waals surface area contributed by atoms with Gasteiger partial charge in [0.1, 0.15) is 6.54 Å². The molecule has 0 atom stereocenters. The van der Waals surface area contributed by atoms with Crippen LogP contribution in [0.25, 0.3) is 0 Å². The van der Waals surface area contributed by atoms with Gasteiger partial charge in [-0.05, 0) is 69.2 Å². The Labute approximate surface area is 199 Å². The second-order valence-corrected chi connectivity index (χ2v) is 10.5. The molecule has 0 fully saturated rings. The van der Waals surface area contributed by atoms with Gasteiger partial charge in [-0.2, -0.15) is 0 Å². The van der Waals surface area contributed by atoms with Crippen LogP contribution in [0.4, 0.5) is 11.4 Å². The lowest BCUT2D eigenvalue weighted by atomic mass is 10.1. The van der Waals surface area contributed by atoms with Gasteiger partial charge in [-0.25, -0.2) is 8.42 Å². The molecule has 0 heterocycles. The Balaban J connectivity index is 2.01. The van der Waals surface area contributed by atoms with E-state index in [-0.39, 0.29) is 20.6 Å². The third kappa shape index (κ3) is 5.44. The van der Waals surface area contributed by atoms with Gasteiger partial charge in [-0.15, -0.1) is 0 Å². The van der Waals surface area contributed by atoms with Crippen LogP contribution >= 0.6 is 23.2 Å². The molecule has 8 heteroatoms. The summed E-state index contributed by atoms with van der Waals surface area (Å²) in [5, 5.41) is 3.39. The molecule has 0 saturated carbocycles. The molecule has 0 aliphatic rings. The van der Waals surface area contributed by atoms with Gasteiger partial charge in [0.2, 0.25) is 5.91 Å².